The van der Waals surface area contributed by atoms with E-state index in [0.717, 1.165) is 16.5 Å². The number of benzene rings is 1. The quantitative estimate of drug-likeness (QED) is 0.631. The number of aromatic nitrogens is 1. The van der Waals surface area contributed by atoms with Gasteiger partial charge in [0.25, 0.3) is 0 Å². The number of aliphatic carboxylic acids is 1. The van der Waals surface area contributed by atoms with E-state index in [-0.39, 0.29) is 12.3 Å². The van der Waals surface area contributed by atoms with Gasteiger partial charge in [0.1, 0.15) is 12.1 Å². The van der Waals surface area contributed by atoms with Crippen molar-refractivity contribution in [1.82, 2.24) is 15.6 Å². The second-order valence-electron chi connectivity index (χ2n) is 5.39. The van der Waals surface area contributed by atoms with Gasteiger partial charge in [0.15, 0.2) is 0 Å². The molecule has 122 valence electrons. The minimum absolute atomic E-state index is 0.266. The highest BCUT2D eigenvalue weighted by Gasteiger charge is 2.24. The first-order chi connectivity index (χ1) is 10.9. The van der Waals surface area contributed by atoms with Gasteiger partial charge >= 0.3 is 5.97 Å². The summed E-state index contributed by atoms with van der Waals surface area (Å²) in [4.78, 5) is 37.6. The van der Waals surface area contributed by atoms with Crippen molar-refractivity contribution >= 4 is 28.7 Å². The molecule has 0 bridgehead atoms. The molecule has 1 unspecified atom stereocenters. The van der Waals surface area contributed by atoms with E-state index in [2.05, 4.69) is 15.6 Å². The van der Waals surface area contributed by atoms with Crippen molar-refractivity contribution in [2.24, 2.45) is 0 Å². The molecular weight excluding hydrogens is 298 g/mol. The summed E-state index contributed by atoms with van der Waals surface area (Å²) >= 11 is 0. The molecule has 4 N–H and O–H groups in total. The number of fused-ring (bicyclic) bond motifs is 1. The van der Waals surface area contributed by atoms with E-state index in [9.17, 15) is 14.4 Å². The van der Waals surface area contributed by atoms with Gasteiger partial charge in [-0.3, -0.25) is 14.4 Å². The summed E-state index contributed by atoms with van der Waals surface area (Å²) in [6, 6.07) is 5.76. The molecule has 7 nitrogen and oxygen atoms in total. The number of carbonyl (C=O) groups excluding carboxylic acids is 2. The van der Waals surface area contributed by atoms with Gasteiger partial charge in [0, 0.05) is 30.4 Å². The van der Waals surface area contributed by atoms with Crippen LogP contribution in [0.4, 0.5) is 0 Å². The number of aromatic amines is 1. The lowest BCUT2D eigenvalue weighted by Gasteiger charge is -2.19. The molecule has 0 radical (unpaired) electrons. The van der Waals surface area contributed by atoms with Crippen molar-refractivity contribution < 1.29 is 19.5 Å². The molecule has 0 aliphatic carbocycles. The third-order valence-electron chi connectivity index (χ3n) is 3.52. The molecule has 23 heavy (non-hydrogen) atoms. The molecule has 0 spiro atoms. The molecule has 0 aliphatic rings. The Hall–Kier alpha value is -2.83. The molecule has 0 fully saturated rings. The Bertz CT molecular complexity index is 738. The summed E-state index contributed by atoms with van der Waals surface area (Å²) in [6.45, 7) is 2.69. The topological polar surface area (TPSA) is 111 Å². The van der Waals surface area contributed by atoms with Crippen molar-refractivity contribution in [2.75, 3.05) is 0 Å². The Morgan fingerprint density at radius 3 is 2.57 bits per heavy atom. The van der Waals surface area contributed by atoms with Gasteiger partial charge in [0.2, 0.25) is 11.8 Å². The first-order valence-corrected chi connectivity index (χ1v) is 7.23. The molecular formula is C16H19N3O4. The van der Waals surface area contributed by atoms with E-state index >= 15 is 0 Å². The molecule has 0 saturated heterocycles. The number of nitrogens with one attached hydrogen (secondary N) is 3. The van der Waals surface area contributed by atoms with Crippen LogP contribution < -0.4 is 10.6 Å². The molecule has 2 amide bonds. The zero-order chi connectivity index (χ0) is 17.0. The molecule has 0 saturated carbocycles. The summed E-state index contributed by atoms with van der Waals surface area (Å²) in [7, 11) is 0. The Balaban J connectivity index is 2.19. The number of carboxylic acid groups (broad SMARTS) is 1. The summed E-state index contributed by atoms with van der Waals surface area (Å²) in [5, 5.41) is 14.8. The number of carbonyl (C=O) groups is 3. The largest absolute Gasteiger partial charge is 0.480 e. The van der Waals surface area contributed by atoms with Gasteiger partial charge in [-0.05, 0) is 18.6 Å². The van der Waals surface area contributed by atoms with Crippen LogP contribution in [0.25, 0.3) is 10.9 Å². The van der Waals surface area contributed by atoms with Crippen LogP contribution in [0.15, 0.2) is 30.5 Å². The predicted octanol–water partition coefficient (Wildman–Crippen LogP) is 0.804. The maximum Gasteiger partial charge on any atom is 0.325 e. The van der Waals surface area contributed by atoms with Crippen LogP contribution in [0.2, 0.25) is 0 Å². The van der Waals surface area contributed by atoms with Gasteiger partial charge < -0.3 is 20.7 Å². The van der Waals surface area contributed by atoms with Crippen LogP contribution in [0.3, 0.4) is 0 Å². The highest BCUT2D eigenvalue weighted by atomic mass is 16.4. The van der Waals surface area contributed by atoms with E-state index in [0.29, 0.717) is 0 Å². The summed E-state index contributed by atoms with van der Waals surface area (Å²) in [5.41, 5.74) is 1.81. The third kappa shape index (κ3) is 4.09. The fraction of sp³-hybridized carbons (Fsp3) is 0.312. The van der Waals surface area contributed by atoms with E-state index in [1.165, 1.54) is 13.8 Å². The van der Waals surface area contributed by atoms with Gasteiger partial charge in [-0.15, -0.1) is 0 Å². The molecule has 1 aromatic heterocycles. The Kier molecular flexibility index (Phi) is 5.00. The first kappa shape index (κ1) is 16.5. The summed E-state index contributed by atoms with van der Waals surface area (Å²) in [6.07, 6.45) is 2.05. The van der Waals surface area contributed by atoms with E-state index in [4.69, 9.17) is 5.11 Å². The second kappa shape index (κ2) is 6.95. The van der Waals surface area contributed by atoms with Gasteiger partial charge in [-0.2, -0.15) is 0 Å². The van der Waals surface area contributed by atoms with E-state index in [1.807, 2.05) is 24.3 Å². The summed E-state index contributed by atoms with van der Waals surface area (Å²) < 4.78 is 0. The lowest BCUT2D eigenvalue weighted by molar-refractivity contribution is -0.141. The van der Waals surface area contributed by atoms with Crippen LogP contribution in [-0.2, 0) is 20.8 Å². The molecule has 2 atom stereocenters. The molecule has 0 aliphatic heterocycles. The predicted molar refractivity (Wildman–Crippen MR) is 84.8 cm³/mol. The average molecular weight is 317 g/mol. The van der Waals surface area contributed by atoms with Crippen LogP contribution in [0.5, 0.6) is 0 Å². The van der Waals surface area contributed by atoms with Crippen molar-refractivity contribution in [3.8, 4) is 0 Å². The zero-order valence-corrected chi connectivity index (χ0v) is 12.9. The monoisotopic (exact) mass is 317 g/mol. The molecule has 2 rings (SSSR count). The maximum atomic E-state index is 12.3. The SMILES string of the molecule is CC(=O)NC(Cc1c[nH]c2ccccc12)C(=O)N[C@H](C)C(=O)O. The van der Waals surface area contributed by atoms with Crippen LogP contribution in [0.1, 0.15) is 19.4 Å². The van der Waals surface area contributed by atoms with Crippen LogP contribution >= 0.6 is 0 Å². The standard InChI is InChI=1S/C16H19N3O4/c1-9(16(22)23)18-15(21)14(19-10(2)20)7-11-8-17-13-6-4-3-5-12(11)13/h3-6,8-9,14,17H,7H2,1-2H3,(H,18,21)(H,19,20)(H,22,23)/t9-,14?/m1/s1. The second-order valence-corrected chi connectivity index (χ2v) is 5.39. The number of H-pyrrole nitrogens is 1. The van der Waals surface area contributed by atoms with Gasteiger partial charge in [-0.25, -0.2) is 0 Å². The number of carboxylic acids is 1. The fourth-order valence-electron chi connectivity index (χ4n) is 2.35. The van der Waals surface area contributed by atoms with Crippen LogP contribution in [0, 0.1) is 0 Å². The minimum Gasteiger partial charge on any atom is -0.480 e. The minimum atomic E-state index is -1.13. The summed E-state index contributed by atoms with van der Waals surface area (Å²) in [5.74, 6) is -2.01. The van der Waals surface area contributed by atoms with Crippen molar-refractivity contribution in [1.29, 1.82) is 0 Å². The Morgan fingerprint density at radius 2 is 1.91 bits per heavy atom. The van der Waals surface area contributed by atoms with E-state index < -0.39 is 24.0 Å². The average Bonchev–Trinajstić information content (AvgIpc) is 2.89. The molecule has 1 aromatic carbocycles. The Labute approximate surface area is 133 Å². The number of para-hydroxylation sites is 1. The van der Waals surface area contributed by atoms with Gasteiger partial charge in [-0.1, -0.05) is 18.2 Å². The van der Waals surface area contributed by atoms with Crippen molar-refractivity contribution in [3.05, 3.63) is 36.0 Å². The van der Waals surface area contributed by atoms with Crippen LogP contribution in [-0.4, -0.2) is 40.0 Å². The number of hydrogen-bond donors (Lipinski definition) is 4. The highest BCUT2D eigenvalue weighted by molar-refractivity contribution is 5.91. The number of hydrogen-bond acceptors (Lipinski definition) is 3. The Morgan fingerprint density at radius 1 is 1.22 bits per heavy atom. The zero-order valence-electron chi connectivity index (χ0n) is 12.9. The maximum absolute atomic E-state index is 12.3. The van der Waals surface area contributed by atoms with Crippen molar-refractivity contribution in [3.63, 3.8) is 0 Å². The third-order valence-corrected chi connectivity index (χ3v) is 3.52. The highest BCUT2D eigenvalue weighted by Crippen LogP contribution is 2.19. The molecule has 1 heterocycles. The smallest absolute Gasteiger partial charge is 0.325 e. The normalized spacial score (nSPS) is 13.3. The lowest BCUT2D eigenvalue weighted by atomic mass is 10.0. The van der Waals surface area contributed by atoms with Crippen molar-refractivity contribution in [2.45, 2.75) is 32.4 Å². The first-order valence-electron chi connectivity index (χ1n) is 7.23. The molecule has 2 aromatic rings. The molecule has 7 heteroatoms. The number of rotatable bonds is 6. The fourth-order valence-corrected chi connectivity index (χ4v) is 2.35. The lowest BCUT2D eigenvalue weighted by Crippen LogP contribution is -2.51. The van der Waals surface area contributed by atoms with E-state index in [1.54, 1.807) is 6.20 Å². The number of amides is 2. The van der Waals surface area contributed by atoms with Gasteiger partial charge in [0.05, 0.1) is 0 Å².